The van der Waals surface area contributed by atoms with Crippen molar-refractivity contribution in [2.75, 3.05) is 13.2 Å². The first-order valence-electron chi connectivity index (χ1n) is 12.3. The number of unbranched alkanes of at least 4 members (excludes halogenated alkanes) is 4. The van der Waals surface area contributed by atoms with Crippen molar-refractivity contribution in [3.63, 3.8) is 0 Å². The summed E-state index contributed by atoms with van der Waals surface area (Å²) in [4.78, 5) is 11.9. The van der Waals surface area contributed by atoms with E-state index >= 15 is 0 Å². The molecule has 200 valence electrons. The van der Waals surface area contributed by atoms with Crippen LogP contribution in [0.15, 0.2) is 36.4 Å². The Hall–Kier alpha value is -2.84. The summed E-state index contributed by atoms with van der Waals surface area (Å²) in [6.45, 7) is 4.00. The van der Waals surface area contributed by atoms with E-state index in [0.29, 0.717) is 30.8 Å². The third kappa shape index (κ3) is 9.32. The average Bonchev–Trinajstić information content (AvgIpc) is 2.84. The van der Waals surface area contributed by atoms with Crippen molar-refractivity contribution >= 4 is 6.16 Å². The first-order chi connectivity index (χ1) is 17.2. The molecule has 4 nitrogen and oxygen atoms in total. The Labute approximate surface area is 208 Å². The lowest BCUT2D eigenvalue weighted by Crippen LogP contribution is -2.25. The molecule has 0 saturated heterocycles. The monoisotopic (exact) mass is 516 g/mol. The molecule has 9 heteroatoms. The van der Waals surface area contributed by atoms with E-state index in [1.54, 1.807) is 24.3 Å². The molecule has 0 amide bonds. The minimum absolute atomic E-state index is 0.0515. The summed E-state index contributed by atoms with van der Waals surface area (Å²) in [5.41, 5.74) is 0.338. The molecule has 0 aromatic heterocycles. The van der Waals surface area contributed by atoms with Crippen LogP contribution in [0.4, 0.5) is 26.7 Å². The molecule has 0 bridgehead atoms. The largest absolute Gasteiger partial charge is 0.513 e. The van der Waals surface area contributed by atoms with Gasteiger partial charge >= 0.3 is 12.3 Å². The van der Waals surface area contributed by atoms with Crippen LogP contribution in [-0.4, -0.2) is 25.5 Å². The van der Waals surface area contributed by atoms with E-state index in [2.05, 4.69) is 0 Å². The Morgan fingerprint density at radius 2 is 1.53 bits per heavy atom. The smallest absolute Gasteiger partial charge is 0.494 e. The minimum Gasteiger partial charge on any atom is -0.494 e. The molecule has 0 aliphatic carbocycles. The second-order valence-corrected chi connectivity index (χ2v) is 8.54. The number of hydrogen-bond acceptors (Lipinski definition) is 4. The SMILES string of the molecule is CCCCCCC(CCOC(=O)Oc1ccc(-c2ccc(OCCCC)cc2)c(F)c1F)C(F)(F)F. The molecule has 2 rings (SSSR count). The van der Waals surface area contributed by atoms with E-state index in [9.17, 15) is 26.7 Å². The van der Waals surface area contributed by atoms with Crippen LogP contribution in [0, 0.1) is 17.6 Å². The topological polar surface area (TPSA) is 44.8 Å². The maximum absolute atomic E-state index is 14.6. The van der Waals surface area contributed by atoms with Crippen LogP contribution in [0.1, 0.15) is 65.2 Å². The molecule has 0 aliphatic rings. The summed E-state index contributed by atoms with van der Waals surface area (Å²) in [5.74, 6) is -4.36. The summed E-state index contributed by atoms with van der Waals surface area (Å²) in [7, 11) is 0. The lowest BCUT2D eigenvalue weighted by atomic mass is 9.97. The van der Waals surface area contributed by atoms with E-state index in [1.165, 1.54) is 6.07 Å². The number of benzene rings is 2. The molecule has 0 fully saturated rings. The van der Waals surface area contributed by atoms with Crippen LogP contribution in [0.2, 0.25) is 0 Å². The first kappa shape index (κ1) is 29.4. The van der Waals surface area contributed by atoms with Gasteiger partial charge in [0, 0.05) is 5.56 Å². The highest BCUT2D eigenvalue weighted by Gasteiger charge is 2.38. The van der Waals surface area contributed by atoms with E-state index < -0.39 is 48.7 Å². The highest BCUT2D eigenvalue weighted by atomic mass is 19.4. The maximum atomic E-state index is 14.6. The van der Waals surface area contributed by atoms with Gasteiger partial charge in [-0.05, 0) is 49.1 Å². The van der Waals surface area contributed by atoms with Crippen molar-refractivity contribution in [2.24, 2.45) is 5.92 Å². The standard InChI is InChI=1S/C27H33F5O4/c1-3-5-7-8-9-20(27(30,31)32)16-18-35-26(33)36-23-15-14-22(24(28)25(23)29)19-10-12-21(13-11-19)34-17-6-4-2/h10-15,20H,3-9,16-18H2,1-2H3. The molecule has 0 N–H and O–H groups in total. The molecule has 0 aliphatic heterocycles. The number of carbonyl (C=O) groups excluding carboxylic acids is 1. The molecule has 2 aromatic rings. The van der Waals surface area contributed by atoms with Gasteiger partial charge in [0.25, 0.3) is 0 Å². The molecule has 1 unspecified atom stereocenters. The predicted octanol–water partition coefficient (Wildman–Crippen LogP) is 8.87. The maximum Gasteiger partial charge on any atom is 0.513 e. The number of rotatable bonds is 14. The molecule has 0 saturated carbocycles. The van der Waals surface area contributed by atoms with E-state index in [0.717, 1.165) is 31.7 Å². The van der Waals surface area contributed by atoms with Crippen molar-refractivity contribution in [1.82, 2.24) is 0 Å². The Morgan fingerprint density at radius 3 is 2.17 bits per heavy atom. The molecule has 2 aromatic carbocycles. The number of hydrogen-bond donors (Lipinski definition) is 0. The van der Waals surface area contributed by atoms with Crippen LogP contribution >= 0.6 is 0 Å². The van der Waals surface area contributed by atoms with Gasteiger partial charge in [-0.1, -0.05) is 58.1 Å². The number of carbonyl (C=O) groups is 1. The van der Waals surface area contributed by atoms with Crippen LogP contribution in [0.25, 0.3) is 11.1 Å². The highest BCUT2D eigenvalue weighted by molar-refractivity contribution is 5.68. The van der Waals surface area contributed by atoms with Crippen LogP contribution < -0.4 is 9.47 Å². The fourth-order valence-corrected chi connectivity index (χ4v) is 3.59. The molecule has 1 atom stereocenters. The summed E-state index contributed by atoms with van der Waals surface area (Å²) in [5, 5.41) is 0. The fraction of sp³-hybridized carbons (Fsp3) is 0.519. The van der Waals surface area contributed by atoms with Gasteiger partial charge < -0.3 is 14.2 Å². The molecule has 0 radical (unpaired) electrons. The van der Waals surface area contributed by atoms with Crippen LogP contribution in [0.5, 0.6) is 11.5 Å². The van der Waals surface area contributed by atoms with Gasteiger partial charge in [-0.15, -0.1) is 0 Å². The Balaban J connectivity index is 1.93. The second-order valence-electron chi connectivity index (χ2n) is 8.54. The molecule has 36 heavy (non-hydrogen) atoms. The molecular weight excluding hydrogens is 483 g/mol. The minimum atomic E-state index is -4.41. The van der Waals surface area contributed by atoms with Gasteiger partial charge in [-0.2, -0.15) is 17.6 Å². The molecule has 0 heterocycles. The molecule has 0 spiro atoms. The quantitative estimate of drug-likeness (QED) is 0.109. The number of alkyl halides is 3. The van der Waals surface area contributed by atoms with Crippen LogP contribution in [0.3, 0.4) is 0 Å². The lowest BCUT2D eigenvalue weighted by Gasteiger charge is -2.20. The predicted molar refractivity (Wildman–Crippen MR) is 127 cm³/mol. The van der Waals surface area contributed by atoms with Crippen molar-refractivity contribution in [1.29, 1.82) is 0 Å². The van der Waals surface area contributed by atoms with Gasteiger partial charge in [-0.25, -0.2) is 9.18 Å². The van der Waals surface area contributed by atoms with E-state index in [-0.39, 0.29) is 12.0 Å². The summed E-state index contributed by atoms with van der Waals surface area (Å²) in [6.07, 6.45) is -1.54. The first-order valence-corrected chi connectivity index (χ1v) is 12.3. The van der Waals surface area contributed by atoms with Gasteiger partial charge in [0.15, 0.2) is 11.6 Å². The van der Waals surface area contributed by atoms with Crippen molar-refractivity contribution < 1.29 is 41.0 Å². The van der Waals surface area contributed by atoms with Crippen molar-refractivity contribution in [3.8, 4) is 22.6 Å². The Morgan fingerprint density at radius 1 is 0.833 bits per heavy atom. The number of ether oxygens (including phenoxy) is 3. The third-order valence-electron chi connectivity index (χ3n) is 5.73. The van der Waals surface area contributed by atoms with Gasteiger partial charge in [0.2, 0.25) is 5.82 Å². The van der Waals surface area contributed by atoms with Gasteiger partial charge in [0.05, 0.1) is 19.1 Å². The van der Waals surface area contributed by atoms with E-state index in [4.69, 9.17) is 14.2 Å². The van der Waals surface area contributed by atoms with Gasteiger partial charge in [0.1, 0.15) is 5.75 Å². The highest BCUT2D eigenvalue weighted by Crippen LogP contribution is 2.34. The summed E-state index contributed by atoms with van der Waals surface area (Å²) < 4.78 is 83.7. The lowest BCUT2D eigenvalue weighted by molar-refractivity contribution is -0.180. The van der Waals surface area contributed by atoms with Crippen molar-refractivity contribution in [2.45, 2.75) is 71.4 Å². The van der Waals surface area contributed by atoms with E-state index in [1.807, 2.05) is 13.8 Å². The Kier molecular flexibility index (Phi) is 12.0. The zero-order valence-corrected chi connectivity index (χ0v) is 20.6. The summed E-state index contributed by atoms with van der Waals surface area (Å²) in [6, 6.07) is 8.74. The average molecular weight is 517 g/mol. The number of halogens is 5. The summed E-state index contributed by atoms with van der Waals surface area (Å²) >= 11 is 0. The van der Waals surface area contributed by atoms with Crippen LogP contribution in [-0.2, 0) is 4.74 Å². The molecular formula is C27H33F5O4. The fourth-order valence-electron chi connectivity index (χ4n) is 3.59. The zero-order valence-electron chi connectivity index (χ0n) is 20.6. The Bertz CT molecular complexity index is 944. The second kappa shape index (κ2) is 14.7. The van der Waals surface area contributed by atoms with Crippen molar-refractivity contribution in [3.05, 3.63) is 48.0 Å². The van der Waals surface area contributed by atoms with Gasteiger partial charge in [-0.3, -0.25) is 0 Å². The third-order valence-corrected chi connectivity index (χ3v) is 5.73. The zero-order chi connectivity index (χ0) is 26.6. The normalized spacial score (nSPS) is 12.3.